The fourth-order valence-electron chi connectivity index (χ4n) is 5.85. The normalized spacial score (nSPS) is 23.0. The van der Waals surface area contributed by atoms with Gasteiger partial charge in [0.25, 0.3) is 0 Å². The van der Waals surface area contributed by atoms with Crippen LogP contribution in [-0.4, -0.2) is 73.1 Å². The molecule has 0 atom stereocenters. The summed E-state index contributed by atoms with van der Waals surface area (Å²) in [6, 6.07) is 9.44. The van der Waals surface area contributed by atoms with Gasteiger partial charge in [0, 0.05) is 57.0 Å². The first-order chi connectivity index (χ1) is 20.0. The van der Waals surface area contributed by atoms with Gasteiger partial charge in [0.1, 0.15) is 17.9 Å². The minimum atomic E-state index is -0.0973. The lowest BCUT2D eigenvalue weighted by Gasteiger charge is -2.37. The molecule has 1 aromatic rings. The summed E-state index contributed by atoms with van der Waals surface area (Å²) in [7, 11) is 0. The number of amides is 1. The van der Waals surface area contributed by atoms with E-state index in [1.165, 1.54) is 48.8 Å². The van der Waals surface area contributed by atoms with E-state index in [1.54, 1.807) is 4.90 Å². The van der Waals surface area contributed by atoms with E-state index in [0.29, 0.717) is 31.7 Å². The summed E-state index contributed by atoms with van der Waals surface area (Å²) in [5.41, 5.74) is 11.2. The molecule has 0 aromatic heterocycles. The molecule has 5 N–H and O–H groups in total. The molecule has 2 fully saturated rings. The largest absolute Gasteiger partial charge is 0.385 e. The van der Waals surface area contributed by atoms with Crippen molar-refractivity contribution in [1.29, 1.82) is 0 Å². The third-order valence-corrected chi connectivity index (χ3v) is 8.36. The summed E-state index contributed by atoms with van der Waals surface area (Å²) in [4.78, 5) is 31.6. The molecular formula is C32H49N7O2. The molecule has 224 valence electrons. The second-order valence-corrected chi connectivity index (χ2v) is 11.5. The zero-order chi connectivity index (χ0) is 28.9. The number of hydrogen-bond acceptors (Lipinski definition) is 7. The number of amidine groups is 1. The van der Waals surface area contributed by atoms with Gasteiger partial charge in [0.05, 0.1) is 13.0 Å². The van der Waals surface area contributed by atoms with Gasteiger partial charge in [-0.1, -0.05) is 43.5 Å². The van der Waals surface area contributed by atoms with Gasteiger partial charge in [-0.2, -0.15) is 0 Å². The van der Waals surface area contributed by atoms with Crippen molar-refractivity contribution in [3.8, 4) is 0 Å². The number of aliphatic imine (C=N–C) groups is 1. The molecule has 1 aromatic carbocycles. The van der Waals surface area contributed by atoms with E-state index in [9.17, 15) is 9.59 Å². The van der Waals surface area contributed by atoms with Crippen LogP contribution in [0.3, 0.4) is 0 Å². The van der Waals surface area contributed by atoms with Crippen molar-refractivity contribution in [3.05, 3.63) is 58.6 Å². The number of hydrogen-bond donors (Lipinski definition) is 4. The van der Waals surface area contributed by atoms with Crippen molar-refractivity contribution in [2.45, 2.75) is 83.8 Å². The Bertz CT molecular complexity index is 1080. The molecule has 0 radical (unpaired) electrons. The number of nitrogens with two attached hydrogens (primary N) is 1. The molecule has 9 nitrogen and oxygen atoms in total. The Hall–Kier alpha value is -3.17. The molecule has 2 aliphatic heterocycles. The van der Waals surface area contributed by atoms with Crippen molar-refractivity contribution < 1.29 is 9.59 Å². The Balaban J connectivity index is 1.19. The lowest BCUT2D eigenvalue weighted by Crippen LogP contribution is -2.48. The van der Waals surface area contributed by atoms with Crippen LogP contribution in [0.1, 0.15) is 75.8 Å². The van der Waals surface area contributed by atoms with Crippen LogP contribution in [0.2, 0.25) is 0 Å². The van der Waals surface area contributed by atoms with Gasteiger partial charge in [0.2, 0.25) is 5.91 Å². The fraction of sp³-hybridized carbons (Fsp3) is 0.594. The average molecular weight is 564 g/mol. The highest BCUT2D eigenvalue weighted by Gasteiger charge is 2.23. The van der Waals surface area contributed by atoms with Crippen LogP contribution in [0.4, 0.5) is 0 Å². The molecule has 9 heteroatoms. The first-order valence-electron chi connectivity index (χ1n) is 15.5. The summed E-state index contributed by atoms with van der Waals surface area (Å²) in [6.07, 6.45) is 12.3. The fourth-order valence-corrected chi connectivity index (χ4v) is 5.85. The Morgan fingerprint density at radius 1 is 1.05 bits per heavy atom. The number of benzene rings is 1. The number of carbonyl (C=O) groups is 2. The van der Waals surface area contributed by atoms with Crippen LogP contribution < -0.4 is 21.7 Å². The molecule has 1 aliphatic carbocycles. The van der Waals surface area contributed by atoms with Crippen molar-refractivity contribution in [3.63, 3.8) is 0 Å². The quantitative estimate of drug-likeness (QED) is 0.175. The van der Waals surface area contributed by atoms with Gasteiger partial charge in [-0.15, -0.1) is 0 Å². The highest BCUT2D eigenvalue weighted by Crippen LogP contribution is 2.21. The van der Waals surface area contributed by atoms with Crippen LogP contribution in [0.5, 0.6) is 0 Å². The van der Waals surface area contributed by atoms with Crippen molar-refractivity contribution in [2.75, 3.05) is 39.3 Å². The topological polar surface area (TPSA) is 115 Å². The highest BCUT2D eigenvalue weighted by molar-refractivity contribution is 5.88. The SMILES string of the molecule is C/C1=C(N2CCN(C(=O)CC=O)CC2)/C=C(/N)NC(=NCc2ccc(CNCCCNC3CCCCC3)cc2)CC1. The minimum Gasteiger partial charge on any atom is -0.385 e. The van der Waals surface area contributed by atoms with Crippen LogP contribution in [0.15, 0.2) is 52.4 Å². The van der Waals surface area contributed by atoms with Crippen LogP contribution >= 0.6 is 0 Å². The van der Waals surface area contributed by atoms with Crippen molar-refractivity contribution in [1.82, 2.24) is 25.8 Å². The number of allylic oxidation sites excluding steroid dienone is 2. The third kappa shape index (κ3) is 10.0. The monoisotopic (exact) mass is 563 g/mol. The van der Waals surface area contributed by atoms with Crippen molar-refractivity contribution >= 4 is 18.0 Å². The highest BCUT2D eigenvalue weighted by atomic mass is 16.2. The number of aldehydes is 1. The zero-order valence-corrected chi connectivity index (χ0v) is 24.8. The first-order valence-corrected chi connectivity index (χ1v) is 15.5. The predicted molar refractivity (Wildman–Crippen MR) is 165 cm³/mol. The maximum atomic E-state index is 12.0. The van der Waals surface area contributed by atoms with Crippen LogP contribution in [-0.2, 0) is 22.7 Å². The molecule has 0 unspecified atom stereocenters. The molecule has 0 bridgehead atoms. The van der Waals surface area contributed by atoms with Gasteiger partial charge < -0.3 is 36.3 Å². The van der Waals surface area contributed by atoms with Crippen LogP contribution in [0, 0.1) is 0 Å². The van der Waals surface area contributed by atoms with E-state index in [-0.39, 0.29) is 12.3 Å². The third-order valence-electron chi connectivity index (χ3n) is 8.36. The first kappa shape index (κ1) is 30.8. The molecule has 3 aliphatic rings. The molecule has 1 saturated heterocycles. The molecule has 0 spiro atoms. The standard InChI is InChI=1S/C32H49N7O2/c1-25-8-13-31(37-30(33)22-29(25)38-17-19-39(20-18-38)32(41)14-21-40)36-24-27-11-9-26(10-12-27)23-34-15-5-16-35-28-6-3-2-4-7-28/h9-12,21-22,28,34-35H,2-8,13-20,23-24,33H2,1H3,(H,36,37)/b29-25+,30-22-. The zero-order valence-electron chi connectivity index (χ0n) is 24.8. The maximum absolute atomic E-state index is 12.0. The lowest BCUT2D eigenvalue weighted by molar-refractivity contribution is -0.134. The van der Waals surface area contributed by atoms with Gasteiger partial charge in [-0.25, -0.2) is 0 Å². The molecule has 1 amide bonds. The molecular weight excluding hydrogens is 514 g/mol. The van der Waals surface area contributed by atoms with Crippen LogP contribution in [0.25, 0.3) is 0 Å². The lowest BCUT2D eigenvalue weighted by atomic mass is 9.95. The second kappa shape index (κ2) is 16.3. The number of nitrogens with zero attached hydrogens (tertiary/aromatic N) is 3. The van der Waals surface area contributed by atoms with Gasteiger partial charge in [-0.3, -0.25) is 9.79 Å². The Morgan fingerprint density at radius 2 is 1.78 bits per heavy atom. The Labute approximate surface area is 245 Å². The maximum Gasteiger partial charge on any atom is 0.229 e. The number of rotatable bonds is 12. The Kier molecular flexibility index (Phi) is 12.3. The summed E-state index contributed by atoms with van der Waals surface area (Å²) in [6.45, 7) is 8.46. The van der Waals surface area contributed by atoms with E-state index >= 15 is 0 Å². The Morgan fingerprint density at radius 3 is 2.51 bits per heavy atom. The summed E-state index contributed by atoms with van der Waals surface area (Å²) >= 11 is 0. The molecule has 4 rings (SSSR count). The smallest absolute Gasteiger partial charge is 0.229 e. The number of carbonyl (C=O) groups excluding carboxylic acids is 2. The van der Waals surface area contributed by atoms with E-state index in [2.05, 4.69) is 52.0 Å². The summed E-state index contributed by atoms with van der Waals surface area (Å²) < 4.78 is 0. The molecule has 41 heavy (non-hydrogen) atoms. The van der Waals surface area contributed by atoms with E-state index in [0.717, 1.165) is 69.6 Å². The summed E-state index contributed by atoms with van der Waals surface area (Å²) in [5, 5.41) is 10.6. The molecule has 1 saturated carbocycles. The summed E-state index contributed by atoms with van der Waals surface area (Å²) in [5.74, 6) is 1.38. The van der Waals surface area contributed by atoms with E-state index in [1.807, 2.05) is 6.08 Å². The average Bonchev–Trinajstić information content (AvgIpc) is 2.99. The van der Waals surface area contributed by atoms with Crippen molar-refractivity contribution in [2.24, 2.45) is 10.7 Å². The van der Waals surface area contributed by atoms with Gasteiger partial charge >= 0.3 is 0 Å². The predicted octanol–water partition coefficient (Wildman–Crippen LogP) is 3.18. The number of nitrogens with one attached hydrogen (secondary N) is 3. The minimum absolute atomic E-state index is 0.0413. The second-order valence-electron chi connectivity index (χ2n) is 11.5. The molecule has 2 heterocycles. The van der Waals surface area contributed by atoms with E-state index in [4.69, 9.17) is 10.7 Å². The van der Waals surface area contributed by atoms with E-state index < -0.39 is 0 Å². The van der Waals surface area contributed by atoms with Gasteiger partial charge in [-0.05, 0) is 62.4 Å². The van der Waals surface area contributed by atoms with Gasteiger partial charge in [0.15, 0.2) is 0 Å². The number of piperazine rings is 1.